The van der Waals surface area contributed by atoms with E-state index in [2.05, 4.69) is 10.3 Å². The third-order valence-corrected chi connectivity index (χ3v) is 3.90. The summed E-state index contributed by atoms with van der Waals surface area (Å²) >= 11 is 0. The van der Waals surface area contributed by atoms with Crippen molar-refractivity contribution in [2.24, 2.45) is 7.05 Å². The number of carboxylic acid groups (broad SMARTS) is 1. The van der Waals surface area contributed by atoms with Crippen molar-refractivity contribution >= 4 is 12.0 Å². The number of aliphatic carboxylic acids is 1. The molecule has 1 atom stereocenters. The number of carboxylic acids is 1. The number of likely N-dealkylation sites (tertiary alicyclic amines) is 1. The maximum Gasteiger partial charge on any atom is 0.318 e. The molecule has 2 amide bonds. The predicted molar refractivity (Wildman–Crippen MR) is 76.7 cm³/mol. The van der Waals surface area contributed by atoms with Crippen LogP contribution in [0.1, 0.15) is 37.9 Å². The predicted octanol–water partition coefficient (Wildman–Crippen LogP) is 1.35. The zero-order valence-electron chi connectivity index (χ0n) is 12.3. The number of urea groups is 1. The Balaban J connectivity index is 1.88. The quantitative estimate of drug-likeness (QED) is 0.858. The Morgan fingerprint density at radius 1 is 1.48 bits per heavy atom. The number of imidazole rings is 1. The van der Waals surface area contributed by atoms with Crippen molar-refractivity contribution in [2.75, 3.05) is 6.54 Å². The molecule has 0 aromatic carbocycles. The molecule has 1 fully saturated rings. The van der Waals surface area contributed by atoms with Crippen molar-refractivity contribution in [2.45, 2.75) is 44.7 Å². The molecule has 7 nitrogen and oxygen atoms in total. The molecular formula is C14H22N4O3. The van der Waals surface area contributed by atoms with Crippen LogP contribution in [0.3, 0.4) is 0 Å². The lowest BCUT2D eigenvalue weighted by Gasteiger charge is -2.35. The summed E-state index contributed by atoms with van der Waals surface area (Å²) in [5.41, 5.74) is 0. The van der Waals surface area contributed by atoms with Crippen LogP contribution in [0, 0.1) is 0 Å². The summed E-state index contributed by atoms with van der Waals surface area (Å²) in [5, 5.41) is 11.7. The van der Waals surface area contributed by atoms with Crippen LogP contribution in [0.5, 0.6) is 0 Å². The summed E-state index contributed by atoms with van der Waals surface area (Å²) in [6, 6.07) is -0.107. The minimum absolute atomic E-state index is 0.0243. The molecule has 0 bridgehead atoms. The minimum atomic E-state index is -0.811. The molecule has 1 aromatic rings. The molecule has 116 valence electrons. The second-order valence-corrected chi connectivity index (χ2v) is 5.39. The van der Waals surface area contributed by atoms with Gasteiger partial charge in [0.1, 0.15) is 5.82 Å². The number of hydrogen-bond donors (Lipinski definition) is 2. The number of aryl methyl sites for hydroxylation is 1. The van der Waals surface area contributed by atoms with Gasteiger partial charge in [-0.15, -0.1) is 0 Å². The molecule has 1 aliphatic rings. The zero-order valence-corrected chi connectivity index (χ0v) is 12.3. The van der Waals surface area contributed by atoms with Gasteiger partial charge in [0.2, 0.25) is 0 Å². The molecule has 2 rings (SSSR count). The Kier molecular flexibility index (Phi) is 5.19. The lowest BCUT2D eigenvalue weighted by Crippen LogP contribution is -2.48. The van der Waals surface area contributed by atoms with Gasteiger partial charge in [-0.25, -0.2) is 9.78 Å². The van der Waals surface area contributed by atoms with Crippen molar-refractivity contribution in [1.29, 1.82) is 0 Å². The van der Waals surface area contributed by atoms with Gasteiger partial charge in [-0.2, -0.15) is 0 Å². The normalized spacial score (nSPS) is 18.5. The number of piperidine rings is 1. The molecule has 1 aliphatic heterocycles. The van der Waals surface area contributed by atoms with E-state index in [0.717, 1.165) is 25.1 Å². The second-order valence-electron chi connectivity index (χ2n) is 5.39. The van der Waals surface area contributed by atoms with Crippen molar-refractivity contribution in [1.82, 2.24) is 19.8 Å². The van der Waals surface area contributed by atoms with Gasteiger partial charge in [0.05, 0.1) is 6.54 Å². The first kappa shape index (κ1) is 15.3. The molecule has 1 aromatic heterocycles. The first-order chi connectivity index (χ1) is 10.1. The largest absolute Gasteiger partial charge is 0.481 e. The highest BCUT2D eigenvalue weighted by atomic mass is 16.4. The number of rotatable bonds is 5. The van der Waals surface area contributed by atoms with Crippen LogP contribution in [0.25, 0.3) is 0 Å². The summed E-state index contributed by atoms with van der Waals surface area (Å²) < 4.78 is 1.86. The topological polar surface area (TPSA) is 87.5 Å². The van der Waals surface area contributed by atoms with E-state index in [0.29, 0.717) is 19.5 Å². The van der Waals surface area contributed by atoms with Gasteiger partial charge < -0.3 is 19.9 Å². The Bertz CT molecular complexity index is 500. The summed E-state index contributed by atoms with van der Waals surface area (Å²) in [7, 11) is 1.88. The number of carbonyl (C=O) groups is 2. The fourth-order valence-corrected chi connectivity index (χ4v) is 2.68. The van der Waals surface area contributed by atoms with Gasteiger partial charge in [0, 0.05) is 38.4 Å². The van der Waals surface area contributed by atoms with Crippen LogP contribution >= 0.6 is 0 Å². The average molecular weight is 294 g/mol. The van der Waals surface area contributed by atoms with Crippen LogP contribution in [0.4, 0.5) is 4.79 Å². The number of hydrogen-bond acceptors (Lipinski definition) is 3. The van der Waals surface area contributed by atoms with Gasteiger partial charge >= 0.3 is 12.0 Å². The van der Waals surface area contributed by atoms with E-state index in [1.807, 2.05) is 17.8 Å². The summed E-state index contributed by atoms with van der Waals surface area (Å²) in [5.74, 6) is -0.0172. The molecule has 2 N–H and O–H groups in total. The number of carbonyl (C=O) groups excluding carboxylic acids is 1. The lowest BCUT2D eigenvalue weighted by atomic mass is 9.98. The maximum absolute atomic E-state index is 12.3. The summed E-state index contributed by atoms with van der Waals surface area (Å²) in [6.45, 7) is 1.07. The summed E-state index contributed by atoms with van der Waals surface area (Å²) in [4.78, 5) is 28.9. The fourth-order valence-electron chi connectivity index (χ4n) is 2.68. The van der Waals surface area contributed by atoms with Crippen LogP contribution in [0.2, 0.25) is 0 Å². The Labute approximate surface area is 124 Å². The average Bonchev–Trinajstić information content (AvgIpc) is 2.88. The van der Waals surface area contributed by atoms with Crippen LogP contribution in [-0.4, -0.2) is 44.1 Å². The molecular weight excluding hydrogens is 272 g/mol. The Morgan fingerprint density at radius 2 is 2.29 bits per heavy atom. The highest BCUT2D eigenvalue weighted by molar-refractivity contribution is 5.74. The number of aromatic nitrogens is 2. The maximum atomic E-state index is 12.3. The molecule has 0 radical (unpaired) electrons. The van der Waals surface area contributed by atoms with E-state index in [9.17, 15) is 9.59 Å². The molecule has 0 aliphatic carbocycles. The van der Waals surface area contributed by atoms with E-state index in [-0.39, 0.29) is 18.5 Å². The fraction of sp³-hybridized carbons (Fsp3) is 0.643. The first-order valence-corrected chi connectivity index (χ1v) is 7.30. The Hall–Kier alpha value is -2.05. The number of nitrogens with zero attached hydrogens (tertiary/aromatic N) is 3. The second kappa shape index (κ2) is 7.10. The lowest BCUT2D eigenvalue weighted by molar-refractivity contribution is -0.137. The van der Waals surface area contributed by atoms with Gasteiger partial charge in [-0.05, 0) is 25.7 Å². The number of amides is 2. The van der Waals surface area contributed by atoms with E-state index in [4.69, 9.17) is 5.11 Å². The molecule has 0 spiro atoms. The van der Waals surface area contributed by atoms with Crippen LogP contribution in [-0.2, 0) is 18.4 Å². The molecule has 1 saturated heterocycles. The van der Waals surface area contributed by atoms with E-state index < -0.39 is 5.97 Å². The highest BCUT2D eigenvalue weighted by Gasteiger charge is 2.26. The number of nitrogens with one attached hydrogen (secondary N) is 1. The van der Waals surface area contributed by atoms with E-state index >= 15 is 0 Å². The monoisotopic (exact) mass is 294 g/mol. The van der Waals surface area contributed by atoms with Crippen LogP contribution < -0.4 is 5.32 Å². The highest BCUT2D eigenvalue weighted by Crippen LogP contribution is 2.21. The smallest absolute Gasteiger partial charge is 0.318 e. The molecule has 2 heterocycles. The molecule has 21 heavy (non-hydrogen) atoms. The standard InChI is InChI=1S/C14H22N4O3/c1-17-9-7-15-12(17)10-16-14(21)18-8-3-2-4-11(18)5-6-13(19)20/h7,9,11H,2-6,8,10H2,1H3,(H,16,21)(H,19,20). The molecule has 7 heteroatoms. The van der Waals surface area contributed by atoms with Crippen molar-refractivity contribution in [3.63, 3.8) is 0 Å². The molecule has 1 unspecified atom stereocenters. The van der Waals surface area contributed by atoms with Gasteiger partial charge in [-0.1, -0.05) is 0 Å². The van der Waals surface area contributed by atoms with Gasteiger partial charge in [-0.3, -0.25) is 4.79 Å². The third-order valence-electron chi connectivity index (χ3n) is 3.90. The van der Waals surface area contributed by atoms with Gasteiger partial charge in [0.25, 0.3) is 0 Å². The third kappa shape index (κ3) is 4.21. The van der Waals surface area contributed by atoms with E-state index in [1.54, 1.807) is 11.1 Å². The van der Waals surface area contributed by atoms with Crippen molar-refractivity contribution in [3.8, 4) is 0 Å². The van der Waals surface area contributed by atoms with Crippen molar-refractivity contribution in [3.05, 3.63) is 18.2 Å². The van der Waals surface area contributed by atoms with Crippen LogP contribution in [0.15, 0.2) is 12.4 Å². The van der Waals surface area contributed by atoms with Gasteiger partial charge in [0.15, 0.2) is 0 Å². The first-order valence-electron chi connectivity index (χ1n) is 7.30. The van der Waals surface area contributed by atoms with E-state index in [1.165, 1.54) is 0 Å². The Morgan fingerprint density at radius 3 is 2.95 bits per heavy atom. The zero-order chi connectivity index (χ0) is 15.2. The summed E-state index contributed by atoms with van der Waals surface area (Å²) in [6.07, 6.45) is 7.05. The molecule has 0 saturated carbocycles. The van der Waals surface area contributed by atoms with Crippen molar-refractivity contribution < 1.29 is 14.7 Å². The SMILES string of the molecule is Cn1ccnc1CNC(=O)N1CCCCC1CCC(=O)O. The minimum Gasteiger partial charge on any atom is -0.481 e.